The van der Waals surface area contributed by atoms with Gasteiger partial charge in [-0.15, -0.1) is 0 Å². The van der Waals surface area contributed by atoms with Crippen molar-refractivity contribution in [1.29, 1.82) is 0 Å². The molecule has 4 nitrogen and oxygen atoms in total. The van der Waals surface area contributed by atoms with Gasteiger partial charge in [-0.2, -0.15) is 0 Å². The molecule has 19 heavy (non-hydrogen) atoms. The highest BCUT2D eigenvalue weighted by atomic mass is 16.2. The first-order valence-corrected chi connectivity index (χ1v) is 6.67. The molecule has 0 fully saturated rings. The lowest BCUT2D eigenvalue weighted by Gasteiger charge is -2.27. The number of carbonyl (C=O) groups is 1. The second-order valence-electron chi connectivity index (χ2n) is 5.52. The summed E-state index contributed by atoms with van der Waals surface area (Å²) in [4.78, 5) is 14.1. The third-order valence-corrected chi connectivity index (χ3v) is 3.59. The van der Waals surface area contributed by atoms with Crippen LogP contribution in [-0.4, -0.2) is 30.4 Å². The van der Waals surface area contributed by atoms with E-state index in [1.54, 1.807) is 6.07 Å². The number of amides is 1. The molecule has 106 valence electrons. The molecule has 1 aromatic rings. The van der Waals surface area contributed by atoms with Crippen molar-refractivity contribution in [3.05, 3.63) is 23.8 Å². The van der Waals surface area contributed by atoms with Gasteiger partial charge < -0.3 is 11.1 Å². The Hall–Kier alpha value is -1.55. The largest absolute Gasteiger partial charge is 0.399 e. The van der Waals surface area contributed by atoms with Gasteiger partial charge in [0.15, 0.2) is 0 Å². The van der Waals surface area contributed by atoms with Gasteiger partial charge in [0.2, 0.25) is 5.91 Å². The molecule has 4 heteroatoms. The van der Waals surface area contributed by atoms with E-state index in [1.807, 2.05) is 26.1 Å². The lowest BCUT2D eigenvalue weighted by atomic mass is 10.1. The summed E-state index contributed by atoms with van der Waals surface area (Å²) in [5, 5.41) is 2.92. The number of nitrogen functional groups attached to an aromatic ring is 1. The average Bonchev–Trinajstić information content (AvgIpc) is 2.32. The molecule has 0 bridgehead atoms. The number of anilines is 2. The molecule has 1 rings (SSSR count). The highest BCUT2D eigenvalue weighted by Gasteiger charge is 2.16. The van der Waals surface area contributed by atoms with Crippen molar-refractivity contribution >= 4 is 17.3 Å². The summed E-state index contributed by atoms with van der Waals surface area (Å²) in [6.07, 6.45) is 0. The number of nitrogens with one attached hydrogen (secondary N) is 1. The summed E-state index contributed by atoms with van der Waals surface area (Å²) in [6, 6.07) is 5.90. The molecule has 0 heterocycles. The minimum atomic E-state index is -0.0105. The first-order valence-electron chi connectivity index (χ1n) is 6.67. The van der Waals surface area contributed by atoms with Crippen LogP contribution in [0.4, 0.5) is 11.4 Å². The first kappa shape index (κ1) is 15.5. The molecular weight excluding hydrogens is 238 g/mol. The molecule has 1 aromatic carbocycles. The number of benzene rings is 1. The van der Waals surface area contributed by atoms with E-state index in [9.17, 15) is 4.79 Å². The van der Waals surface area contributed by atoms with Crippen molar-refractivity contribution in [1.82, 2.24) is 4.90 Å². The Morgan fingerprint density at radius 1 is 1.37 bits per heavy atom. The van der Waals surface area contributed by atoms with Gasteiger partial charge in [-0.1, -0.05) is 19.9 Å². The SMILES string of the molecule is Cc1ccc(N)cc1NC(=O)CN(C)C(C)C(C)C. The molecule has 0 aromatic heterocycles. The Morgan fingerprint density at radius 3 is 2.58 bits per heavy atom. The van der Waals surface area contributed by atoms with Crippen molar-refractivity contribution in [2.45, 2.75) is 33.7 Å². The van der Waals surface area contributed by atoms with Crippen molar-refractivity contribution < 1.29 is 4.79 Å². The molecule has 0 saturated carbocycles. The lowest BCUT2D eigenvalue weighted by molar-refractivity contribution is -0.117. The van der Waals surface area contributed by atoms with Crippen LogP contribution >= 0.6 is 0 Å². The van der Waals surface area contributed by atoms with Crippen molar-refractivity contribution in [2.75, 3.05) is 24.6 Å². The van der Waals surface area contributed by atoms with Gasteiger partial charge in [-0.05, 0) is 44.5 Å². The van der Waals surface area contributed by atoms with Crippen molar-refractivity contribution in [3.8, 4) is 0 Å². The van der Waals surface area contributed by atoms with E-state index in [-0.39, 0.29) is 5.91 Å². The summed E-state index contributed by atoms with van der Waals surface area (Å²) in [7, 11) is 1.97. The predicted molar refractivity (Wildman–Crippen MR) is 81.2 cm³/mol. The molecule has 1 amide bonds. The number of carbonyl (C=O) groups excluding carboxylic acids is 1. The molecule has 0 saturated heterocycles. The topological polar surface area (TPSA) is 58.4 Å². The highest BCUT2D eigenvalue weighted by Crippen LogP contribution is 2.18. The van der Waals surface area contributed by atoms with Crippen LogP contribution < -0.4 is 11.1 Å². The fourth-order valence-corrected chi connectivity index (χ4v) is 1.84. The molecule has 1 unspecified atom stereocenters. The number of aryl methyl sites for hydroxylation is 1. The third kappa shape index (κ3) is 4.56. The Labute approximate surface area is 116 Å². The minimum Gasteiger partial charge on any atom is -0.399 e. The summed E-state index contributed by atoms with van der Waals surface area (Å²) >= 11 is 0. The van der Waals surface area contributed by atoms with Crippen LogP contribution in [0.25, 0.3) is 0 Å². The maximum atomic E-state index is 12.0. The first-order chi connectivity index (χ1) is 8.81. The quantitative estimate of drug-likeness (QED) is 0.802. The van der Waals surface area contributed by atoms with Crippen LogP contribution in [0.15, 0.2) is 18.2 Å². The maximum Gasteiger partial charge on any atom is 0.238 e. The fraction of sp³-hybridized carbons (Fsp3) is 0.533. The van der Waals surface area contributed by atoms with E-state index in [0.717, 1.165) is 11.3 Å². The van der Waals surface area contributed by atoms with E-state index >= 15 is 0 Å². The smallest absolute Gasteiger partial charge is 0.238 e. The summed E-state index contributed by atoms with van der Waals surface area (Å²) < 4.78 is 0. The predicted octanol–water partition coefficient (Wildman–Crippen LogP) is 2.49. The number of hydrogen-bond acceptors (Lipinski definition) is 3. The van der Waals surface area contributed by atoms with Gasteiger partial charge in [-0.3, -0.25) is 9.69 Å². The molecule has 1 atom stereocenters. The maximum absolute atomic E-state index is 12.0. The van der Waals surface area contributed by atoms with Gasteiger partial charge in [0.05, 0.1) is 6.54 Å². The zero-order valence-corrected chi connectivity index (χ0v) is 12.5. The molecule has 0 spiro atoms. The number of rotatable bonds is 5. The molecule has 3 N–H and O–H groups in total. The van der Waals surface area contributed by atoms with Gasteiger partial charge >= 0.3 is 0 Å². The summed E-state index contributed by atoms with van der Waals surface area (Å²) in [5.74, 6) is 0.510. The minimum absolute atomic E-state index is 0.0105. The van der Waals surface area contributed by atoms with E-state index < -0.39 is 0 Å². The standard InChI is InChI=1S/C15H25N3O/c1-10(2)12(4)18(5)9-15(19)17-14-8-13(16)7-6-11(14)3/h6-8,10,12H,9,16H2,1-5H3,(H,17,19). The number of hydrogen-bond donors (Lipinski definition) is 2. The van der Waals surface area contributed by atoms with E-state index in [0.29, 0.717) is 24.2 Å². The lowest BCUT2D eigenvalue weighted by Crippen LogP contribution is -2.39. The Morgan fingerprint density at radius 2 is 2.00 bits per heavy atom. The summed E-state index contributed by atoms with van der Waals surface area (Å²) in [5.41, 5.74) is 8.19. The normalized spacial score (nSPS) is 12.8. The number of nitrogens with zero attached hydrogens (tertiary/aromatic N) is 1. The Kier molecular flexibility index (Phi) is 5.36. The highest BCUT2D eigenvalue weighted by molar-refractivity contribution is 5.93. The van der Waals surface area contributed by atoms with Crippen LogP contribution in [0.5, 0.6) is 0 Å². The van der Waals surface area contributed by atoms with Gasteiger partial charge in [0.1, 0.15) is 0 Å². The van der Waals surface area contributed by atoms with E-state index in [4.69, 9.17) is 5.73 Å². The van der Waals surface area contributed by atoms with Crippen molar-refractivity contribution in [3.63, 3.8) is 0 Å². The van der Waals surface area contributed by atoms with Gasteiger partial charge in [-0.25, -0.2) is 0 Å². The Balaban J connectivity index is 2.63. The van der Waals surface area contributed by atoms with E-state index in [2.05, 4.69) is 31.0 Å². The van der Waals surface area contributed by atoms with Crippen molar-refractivity contribution in [2.24, 2.45) is 5.92 Å². The monoisotopic (exact) mass is 263 g/mol. The van der Waals surface area contributed by atoms with E-state index in [1.165, 1.54) is 0 Å². The fourth-order valence-electron chi connectivity index (χ4n) is 1.84. The molecule has 0 aliphatic rings. The van der Waals surface area contributed by atoms with Crippen LogP contribution in [-0.2, 0) is 4.79 Å². The van der Waals surface area contributed by atoms with Crippen LogP contribution in [0.1, 0.15) is 26.3 Å². The van der Waals surface area contributed by atoms with Gasteiger partial charge in [0.25, 0.3) is 0 Å². The zero-order valence-electron chi connectivity index (χ0n) is 12.5. The van der Waals surface area contributed by atoms with Crippen LogP contribution in [0.3, 0.4) is 0 Å². The zero-order chi connectivity index (χ0) is 14.6. The molecular formula is C15H25N3O. The second-order valence-corrected chi connectivity index (χ2v) is 5.52. The molecule has 0 aliphatic heterocycles. The number of nitrogens with two attached hydrogens (primary N) is 1. The number of likely N-dealkylation sites (N-methyl/N-ethyl adjacent to an activating group) is 1. The Bertz CT molecular complexity index is 443. The average molecular weight is 263 g/mol. The van der Waals surface area contributed by atoms with Gasteiger partial charge in [0, 0.05) is 17.4 Å². The summed E-state index contributed by atoms with van der Waals surface area (Å²) in [6.45, 7) is 8.77. The molecule has 0 radical (unpaired) electrons. The van der Waals surface area contributed by atoms with Crippen LogP contribution in [0.2, 0.25) is 0 Å². The van der Waals surface area contributed by atoms with Crippen LogP contribution in [0, 0.1) is 12.8 Å². The molecule has 0 aliphatic carbocycles. The third-order valence-electron chi connectivity index (χ3n) is 3.59. The second kappa shape index (κ2) is 6.57.